The Morgan fingerprint density at radius 3 is 2.62 bits per heavy atom. The maximum Gasteiger partial charge on any atom is 0.146 e. The van der Waals surface area contributed by atoms with Crippen LogP contribution < -0.4 is 5.32 Å². The Bertz CT molecular complexity index is 1360. The predicted octanol–water partition coefficient (Wildman–Crippen LogP) is 7.70. The van der Waals surface area contributed by atoms with Gasteiger partial charge in [0.15, 0.2) is 0 Å². The Balaban J connectivity index is 1.53. The lowest BCUT2D eigenvalue weighted by atomic mass is 10.1. The van der Waals surface area contributed by atoms with Gasteiger partial charge >= 0.3 is 0 Å². The zero-order valence-corrected chi connectivity index (χ0v) is 21.7. The number of thioether (sulfide) groups is 1. The lowest BCUT2D eigenvalue weighted by Gasteiger charge is -2.13. The van der Waals surface area contributed by atoms with Crippen molar-refractivity contribution in [2.24, 2.45) is 0 Å². The van der Waals surface area contributed by atoms with Crippen LogP contribution in [0.25, 0.3) is 23.1 Å². The lowest BCUT2D eigenvalue weighted by molar-refractivity contribution is 0.473. The van der Waals surface area contributed by atoms with Crippen molar-refractivity contribution in [3.8, 4) is 5.75 Å². The summed E-state index contributed by atoms with van der Waals surface area (Å²) >= 11 is 7.70. The zero-order chi connectivity index (χ0) is 24.1. The number of phenolic OH excluding ortho intramolecular Hbond substituents is 1. The topological polar surface area (TPSA) is 54.4 Å². The summed E-state index contributed by atoms with van der Waals surface area (Å²) in [6, 6.07) is 18.2. The monoisotopic (exact) mass is 506 g/mol. The summed E-state index contributed by atoms with van der Waals surface area (Å²) in [5.41, 5.74) is 5.73. The molecule has 0 aliphatic rings. The second-order valence-electron chi connectivity index (χ2n) is 7.74. The number of nitrogens with one attached hydrogen (secondary N) is 1. The smallest absolute Gasteiger partial charge is 0.146 e. The maximum atomic E-state index is 10.8. The van der Waals surface area contributed by atoms with Crippen LogP contribution in [0.15, 0.2) is 75.5 Å². The highest BCUT2D eigenvalue weighted by molar-refractivity contribution is 7.98. The van der Waals surface area contributed by atoms with Crippen molar-refractivity contribution in [3.63, 3.8) is 0 Å². The molecule has 174 valence electrons. The van der Waals surface area contributed by atoms with Crippen LogP contribution in [0.1, 0.15) is 22.3 Å². The van der Waals surface area contributed by atoms with Crippen molar-refractivity contribution in [2.75, 3.05) is 18.7 Å². The Labute approximate surface area is 214 Å². The van der Waals surface area contributed by atoms with Gasteiger partial charge in [-0.2, -0.15) is 0 Å². The Hall–Kier alpha value is -2.58. The molecule has 2 N–H and O–H groups in total. The average Bonchev–Trinajstić information content (AvgIpc) is 2.85. The fourth-order valence-electron chi connectivity index (χ4n) is 3.67. The molecule has 4 nitrogen and oxygen atoms in total. The van der Waals surface area contributed by atoms with Crippen LogP contribution in [-0.4, -0.2) is 23.5 Å². The minimum Gasteiger partial charge on any atom is -0.505 e. The molecule has 0 aliphatic heterocycles. The molecule has 3 aromatic carbocycles. The van der Waals surface area contributed by atoms with Gasteiger partial charge in [-0.3, -0.25) is 4.98 Å². The molecule has 4 rings (SSSR count). The van der Waals surface area contributed by atoms with Crippen LogP contribution in [0.3, 0.4) is 0 Å². The normalized spacial score (nSPS) is 11.4. The predicted molar refractivity (Wildman–Crippen MR) is 149 cm³/mol. The highest BCUT2D eigenvalue weighted by atomic mass is 32.2. The van der Waals surface area contributed by atoms with Crippen molar-refractivity contribution in [1.29, 1.82) is 0 Å². The fraction of sp³-hybridized carbons (Fsp3) is 0.148. The van der Waals surface area contributed by atoms with Gasteiger partial charge in [0.2, 0.25) is 0 Å². The van der Waals surface area contributed by atoms with Crippen molar-refractivity contribution in [1.82, 2.24) is 4.98 Å². The van der Waals surface area contributed by atoms with Crippen LogP contribution >= 0.6 is 36.4 Å². The molecule has 1 aromatic heterocycles. The first-order valence-electron chi connectivity index (χ1n) is 10.7. The molecular formula is C27H26N2O2S3. The molecule has 0 atom stereocenters. The van der Waals surface area contributed by atoms with Gasteiger partial charge < -0.3 is 14.6 Å². The summed E-state index contributed by atoms with van der Waals surface area (Å²) in [5, 5.41) is 15.0. The Morgan fingerprint density at radius 2 is 1.85 bits per heavy atom. The summed E-state index contributed by atoms with van der Waals surface area (Å²) in [4.78, 5) is 7.40. The van der Waals surface area contributed by atoms with Crippen LogP contribution in [0.5, 0.6) is 5.75 Å². The van der Waals surface area contributed by atoms with Gasteiger partial charge in [0, 0.05) is 56.1 Å². The zero-order valence-electron chi connectivity index (χ0n) is 19.2. The molecular weight excluding hydrogens is 481 g/mol. The third-order valence-corrected chi connectivity index (χ3v) is 7.29. The minimum absolute atomic E-state index is 0.178. The van der Waals surface area contributed by atoms with Crippen LogP contribution in [0, 0.1) is 6.92 Å². The maximum absolute atomic E-state index is 10.8. The van der Waals surface area contributed by atoms with Gasteiger partial charge in [-0.05, 0) is 66.3 Å². The van der Waals surface area contributed by atoms with Crippen LogP contribution in [0.4, 0.5) is 5.69 Å². The van der Waals surface area contributed by atoms with E-state index in [9.17, 15) is 5.11 Å². The van der Waals surface area contributed by atoms with E-state index in [2.05, 4.69) is 53.8 Å². The van der Waals surface area contributed by atoms with E-state index in [1.165, 1.54) is 28.1 Å². The second-order valence-corrected chi connectivity index (χ2v) is 10.0. The van der Waals surface area contributed by atoms with Gasteiger partial charge in [-0.1, -0.05) is 30.4 Å². The molecule has 0 saturated heterocycles. The van der Waals surface area contributed by atoms with Crippen molar-refractivity contribution in [2.45, 2.75) is 28.2 Å². The van der Waals surface area contributed by atoms with Crippen molar-refractivity contribution in [3.05, 3.63) is 83.0 Å². The Kier molecular flexibility index (Phi) is 8.11. The number of phenols is 1. The fourth-order valence-corrected chi connectivity index (χ4v) is 5.26. The molecule has 0 amide bonds. The number of benzene rings is 3. The lowest BCUT2D eigenvalue weighted by Crippen LogP contribution is -2.01. The van der Waals surface area contributed by atoms with Gasteiger partial charge in [0.25, 0.3) is 0 Å². The molecule has 7 heteroatoms. The van der Waals surface area contributed by atoms with Gasteiger partial charge in [-0.15, -0.1) is 24.4 Å². The van der Waals surface area contributed by atoms with E-state index in [0.717, 1.165) is 32.0 Å². The van der Waals surface area contributed by atoms with Crippen molar-refractivity contribution < 1.29 is 9.29 Å². The molecule has 0 aliphatic carbocycles. The molecule has 1 heterocycles. The number of nitrogens with zero attached hydrogens (tertiary/aromatic N) is 1. The molecule has 0 fully saturated rings. The number of aromatic hydroxyl groups is 1. The number of pyridine rings is 1. The molecule has 34 heavy (non-hydrogen) atoms. The van der Waals surface area contributed by atoms with Gasteiger partial charge in [0.05, 0.1) is 7.11 Å². The molecule has 4 aromatic rings. The third-order valence-electron chi connectivity index (χ3n) is 5.42. The largest absolute Gasteiger partial charge is 0.505 e. The number of fused-ring (bicyclic) bond motifs is 1. The molecule has 0 unspecified atom stereocenters. The number of thiol groups is 1. The highest BCUT2D eigenvalue weighted by Gasteiger charge is 2.13. The number of hydrogen-bond donors (Lipinski definition) is 3. The first kappa shape index (κ1) is 24.5. The minimum atomic E-state index is 0.178. The molecule has 0 saturated carbocycles. The summed E-state index contributed by atoms with van der Waals surface area (Å²) in [7, 11) is 1.63. The summed E-state index contributed by atoms with van der Waals surface area (Å²) in [6.45, 7) is 2.55. The summed E-state index contributed by atoms with van der Waals surface area (Å²) in [6.07, 6.45) is 7.99. The first-order chi connectivity index (χ1) is 16.5. The SMILES string of the molecule is COSc1cc(CNc2ccc(/C=C/c3ccc(C)cc3SC)c(S)c2)c(O)c2ncccc12. The molecule has 0 radical (unpaired) electrons. The van der Waals surface area contributed by atoms with E-state index in [1.54, 1.807) is 25.1 Å². The highest BCUT2D eigenvalue weighted by Crippen LogP contribution is 2.36. The van der Waals surface area contributed by atoms with Crippen LogP contribution in [0.2, 0.25) is 0 Å². The number of rotatable bonds is 8. The van der Waals surface area contributed by atoms with E-state index in [4.69, 9.17) is 16.8 Å². The number of aryl methyl sites for hydroxylation is 1. The van der Waals surface area contributed by atoms with E-state index in [-0.39, 0.29) is 5.75 Å². The number of anilines is 1. The first-order valence-corrected chi connectivity index (χ1v) is 13.1. The van der Waals surface area contributed by atoms with Crippen LogP contribution in [-0.2, 0) is 10.7 Å². The average molecular weight is 507 g/mol. The summed E-state index contributed by atoms with van der Waals surface area (Å²) < 4.78 is 5.27. The van der Waals surface area contributed by atoms with Crippen molar-refractivity contribution >= 4 is 65.2 Å². The molecule has 0 bridgehead atoms. The third kappa shape index (κ3) is 5.55. The van der Waals surface area contributed by atoms with E-state index in [1.807, 2.05) is 36.4 Å². The quantitative estimate of drug-likeness (QED) is 0.0985. The molecule has 0 spiro atoms. The Morgan fingerprint density at radius 1 is 1.06 bits per heavy atom. The summed E-state index contributed by atoms with van der Waals surface area (Å²) in [5.74, 6) is 0.178. The number of aromatic nitrogens is 1. The van der Waals surface area contributed by atoms with E-state index < -0.39 is 0 Å². The standard InChI is InChI=1S/C27H26N2O2S3/c1-17-6-7-19(24(13-17)33-3)9-8-18-10-11-21(15-23(18)32)29-16-20-14-25(34-31-2)22-5-4-12-28-26(22)27(20)30/h4-15,29-30,32H,16H2,1-3H3/b9-8+. The second kappa shape index (κ2) is 11.2. The van der Waals surface area contributed by atoms with E-state index in [0.29, 0.717) is 12.1 Å². The number of hydrogen-bond acceptors (Lipinski definition) is 7. The van der Waals surface area contributed by atoms with Gasteiger partial charge in [-0.25, -0.2) is 0 Å². The van der Waals surface area contributed by atoms with E-state index >= 15 is 0 Å². The van der Waals surface area contributed by atoms with Gasteiger partial charge in [0.1, 0.15) is 11.3 Å².